The number of imidazole rings is 1. The van der Waals surface area contributed by atoms with Crippen LogP contribution in [-0.2, 0) is 0 Å². The molecule has 0 saturated heterocycles. The van der Waals surface area contributed by atoms with Gasteiger partial charge in [0.05, 0.1) is 11.0 Å². The van der Waals surface area contributed by atoms with Crippen molar-refractivity contribution in [2.45, 2.75) is 0 Å². The Labute approximate surface area is 212 Å². The second-order valence-corrected chi connectivity index (χ2v) is 9.22. The van der Waals surface area contributed by atoms with E-state index in [0.717, 1.165) is 55.5 Å². The van der Waals surface area contributed by atoms with E-state index >= 15 is 0 Å². The van der Waals surface area contributed by atoms with Crippen molar-refractivity contribution in [3.63, 3.8) is 0 Å². The van der Waals surface area contributed by atoms with E-state index in [1.165, 1.54) is 10.8 Å². The third-order valence-corrected chi connectivity index (χ3v) is 6.80. The van der Waals surface area contributed by atoms with Crippen molar-refractivity contribution in [1.29, 1.82) is 0 Å². The van der Waals surface area contributed by atoms with Crippen LogP contribution in [0.5, 0.6) is 0 Å². The molecular formula is C30H21N5S. The Morgan fingerprint density at radius 3 is 2.22 bits per heavy atom. The number of H-pyrrole nitrogens is 2. The molecule has 7 aromatic rings. The van der Waals surface area contributed by atoms with Gasteiger partial charge in [-0.15, -0.1) is 0 Å². The lowest BCUT2D eigenvalue weighted by Crippen LogP contribution is -2.18. The summed E-state index contributed by atoms with van der Waals surface area (Å²) in [6, 6.07) is 33.0. The highest BCUT2D eigenvalue weighted by molar-refractivity contribution is 7.80. The molecule has 0 aliphatic carbocycles. The van der Waals surface area contributed by atoms with Crippen molar-refractivity contribution in [3.8, 4) is 11.4 Å². The van der Waals surface area contributed by atoms with Gasteiger partial charge in [0.25, 0.3) is 0 Å². The number of hydrogen-bond acceptors (Lipinski definition) is 2. The Kier molecular flexibility index (Phi) is 4.72. The van der Waals surface area contributed by atoms with Crippen molar-refractivity contribution in [3.05, 3.63) is 103 Å². The van der Waals surface area contributed by atoms with Crippen molar-refractivity contribution in [1.82, 2.24) is 15.0 Å². The minimum atomic E-state index is 0.543. The molecule has 5 aromatic carbocycles. The van der Waals surface area contributed by atoms with Gasteiger partial charge < -0.3 is 20.6 Å². The molecular weight excluding hydrogens is 462 g/mol. The Balaban J connectivity index is 1.38. The van der Waals surface area contributed by atoms with Crippen LogP contribution in [0.15, 0.2) is 103 Å². The first-order valence-corrected chi connectivity index (χ1v) is 12.2. The number of thiocarbonyl (C=S) groups is 1. The van der Waals surface area contributed by atoms with Crippen molar-refractivity contribution < 1.29 is 0 Å². The summed E-state index contributed by atoms with van der Waals surface area (Å²) in [6.45, 7) is 0. The van der Waals surface area contributed by atoms with Gasteiger partial charge in [-0.3, -0.25) is 0 Å². The van der Waals surface area contributed by atoms with Crippen molar-refractivity contribution >= 4 is 72.2 Å². The zero-order valence-electron chi connectivity index (χ0n) is 19.2. The average Bonchev–Trinajstić information content (AvgIpc) is 3.54. The molecule has 0 aliphatic rings. The van der Waals surface area contributed by atoms with Gasteiger partial charge in [-0.1, -0.05) is 66.7 Å². The number of nitrogens with zero attached hydrogens (tertiary/aromatic N) is 1. The van der Waals surface area contributed by atoms with Gasteiger partial charge >= 0.3 is 0 Å². The van der Waals surface area contributed by atoms with Crippen LogP contribution in [0.25, 0.3) is 54.9 Å². The summed E-state index contributed by atoms with van der Waals surface area (Å²) < 4.78 is 0. The van der Waals surface area contributed by atoms with Gasteiger partial charge in [-0.05, 0) is 53.3 Å². The summed E-state index contributed by atoms with van der Waals surface area (Å²) in [5.41, 5.74) is 5.97. The summed E-state index contributed by atoms with van der Waals surface area (Å²) in [6.07, 6.45) is 2.02. The van der Waals surface area contributed by atoms with E-state index < -0.39 is 0 Å². The Bertz CT molecular complexity index is 1920. The predicted molar refractivity (Wildman–Crippen MR) is 155 cm³/mol. The van der Waals surface area contributed by atoms with Gasteiger partial charge in [0.1, 0.15) is 5.82 Å². The molecule has 0 radical (unpaired) electrons. The first-order valence-electron chi connectivity index (χ1n) is 11.8. The number of benzene rings is 5. The first kappa shape index (κ1) is 20.7. The van der Waals surface area contributed by atoms with Crippen LogP contribution in [0.2, 0.25) is 0 Å². The molecule has 2 heterocycles. The standard InChI is InChI=1S/C30H21N5S/c36-30(32-18-8-2-1-3-9-18)33-19-14-15-21-20-10-4-5-12-23(20)27-28(24(21)16-19)35-29(34-27)25-17-31-26-13-7-6-11-22(25)26/h1-17,31H,(H,34,35)(H2,32,33,36). The summed E-state index contributed by atoms with van der Waals surface area (Å²) in [7, 11) is 0. The summed E-state index contributed by atoms with van der Waals surface area (Å²) in [5, 5.41) is 12.8. The zero-order chi connectivity index (χ0) is 24.1. The van der Waals surface area contributed by atoms with E-state index in [4.69, 9.17) is 17.2 Å². The molecule has 172 valence electrons. The molecule has 4 N–H and O–H groups in total. The van der Waals surface area contributed by atoms with E-state index in [0.29, 0.717) is 5.11 Å². The van der Waals surface area contributed by atoms with E-state index in [2.05, 4.69) is 81.3 Å². The molecule has 0 atom stereocenters. The minimum absolute atomic E-state index is 0.543. The molecule has 6 heteroatoms. The highest BCUT2D eigenvalue weighted by atomic mass is 32.1. The third kappa shape index (κ3) is 3.39. The van der Waals surface area contributed by atoms with Crippen molar-refractivity contribution in [2.75, 3.05) is 10.6 Å². The number of fused-ring (bicyclic) bond motifs is 7. The molecule has 2 aromatic heterocycles. The lowest BCUT2D eigenvalue weighted by molar-refractivity contribution is 1.34. The van der Waals surface area contributed by atoms with Crippen LogP contribution >= 0.6 is 12.2 Å². The molecule has 0 amide bonds. The predicted octanol–water partition coefficient (Wildman–Crippen LogP) is 7.83. The quantitative estimate of drug-likeness (QED) is 0.153. The summed E-state index contributed by atoms with van der Waals surface area (Å²) in [5.74, 6) is 0.847. The minimum Gasteiger partial charge on any atom is -0.360 e. The Morgan fingerprint density at radius 1 is 0.667 bits per heavy atom. The number of para-hydroxylation sites is 2. The molecule has 36 heavy (non-hydrogen) atoms. The average molecular weight is 484 g/mol. The fourth-order valence-corrected chi connectivity index (χ4v) is 5.20. The lowest BCUT2D eigenvalue weighted by Gasteiger charge is -2.12. The van der Waals surface area contributed by atoms with E-state index in [9.17, 15) is 0 Å². The number of aromatic amines is 2. The van der Waals surface area contributed by atoms with Gasteiger partial charge in [0, 0.05) is 44.8 Å². The monoisotopic (exact) mass is 483 g/mol. The highest BCUT2D eigenvalue weighted by Crippen LogP contribution is 2.37. The van der Waals surface area contributed by atoms with Gasteiger partial charge in [0.15, 0.2) is 5.11 Å². The molecule has 5 nitrogen and oxygen atoms in total. The smallest absolute Gasteiger partial charge is 0.175 e. The molecule has 0 aliphatic heterocycles. The molecule has 0 saturated carbocycles. The van der Waals surface area contributed by atoms with Gasteiger partial charge in [-0.2, -0.15) is 0 Å². The Hall–Kier alpha value is -4.68. The second-order valence-electron chi connectivity index (χ2n) is 8.81. The van der Waals surface area contributed by atoms with Crippen LogP contribution in [0.3, 0.4) is 0 Å². The number of anilines is 2. The maximum atomic E-state index is 5.57. The molecule has 0 unspecified atom stereocenters. The first-order chi connectivity index (χ1) is 17.7. The number of aromatic nitrogens is 3. The molecule has 0 spiro atoms. The van der Waals surface area contributed by atoms with Crippen LogP contribution < -0.4 is 10.6 Å². The normalized spacial score (nSPS) is 11.4. The number of nitrogens with one attached hydrogen (secondary N) is 4. The Morgan fingerprint density at radius 2 is 1.36 bits per heavy atom. The second kappa shape index (κ2) is 8.22. The highest BCUT2D eigenvalue weighted by Gasteiger charge is 2.16. The number of hydrogen-bond donors (Lipinski definition) is 4. The van der Waals surface area contributed by atoms with E-state index in [1.54, 1.807) is 0 Å². The van der Waals surface area contributed by atoms with E-state index in [-0.39, 0.29) is 0 Å². The third-order valence-electron chi connectivity index (χ3n) is 6.60. The number of rotatable bonds is 3. The topological polar surface area (TPSA) is 68.5 Å². The summed E-state index contributed by atoms with van der Waals surface area (Å²) in [4.78, 5) is 12.1. The molecule has 0 fully saturated rings. The SMILES string of the molecule is S=C(Nc1ccccc1)Nc1ccc2c3ccccc3c3nc(-c4c[nH]c5ccccc45)[nH]c3c2c1. The largest absolute Gasteiger partial charge is 0.360 e. The van der Waals surface area contributed by atoms with Crippen LogP contribution in [0, 0.1) is 0 Å². The maximum Gasteiger partial charge on any atom is 0.175 e. The van der Waals surface area contributed by atoms with Crippen LogP contribution in [0.4, 0.5) is 11.4 Å². The van der Waals surface area contributed by atoms with Crippen LogP contribution in [-0.4, -0.2) is 20.1 Å². The fourth-order valence-electron chi connectivity index (χ4n) is 4.96. The zero-order valence-corrected chi connectivity index (χ0v) is 20.0. The molecule has 0 bridgehead atoms. The van der Waals surface area contributed by atoms with Crippen molar-refractivity contribution in [2.24, 2.45) is 0 Å². The van der Waals surface area contributed by atoms with E-state index in [1.807, 2.05) is 42.6 Å². The maximum absolute atomic E-state index is 5.57. The van der Waals surface area contributed by atoms with Gasteiger partial charge in [-0.25, -0.2) is 4.98 Å². The lowest BCUT2D eigenvalue weighted by atomic mass is 9.99. The summed E-state index contributed by atoms with van der Waals surface area (Å²) >= 11 is 5.57. The van der Waals surface area contributed by atoms with Crippen LogP contribution in [0.1, 0.15) is 0 Å². The van der Waals surface area contributed by atoms with Gasteiger partial charge in [0.2, 0.25) is 0 Å². The fraction of sp³-hybridized carbons (Fsp3) is 0. The molecule has 7 rings (SSSR count).